The summed E-state index contributed by atoms with van der Waals surface area (Å²) >= 11 is 3.07. The summed E-state index contributed by atoms with van der Waals surface area (Å²) in [5, 5.41) is 11.9. The normalized spacial score (nSPS) is 21.1. The SMILES string of the molecule is Cc1cc(F)c(Br)cc1NC(=O)C1CC=CCC1C(=O)O. The van der Waals surface area contributed by atoms with Crippen LogP contribution in [0.4, 0.5) is 10.1 Å². The van der Waals surface area contributed by atoms with Gasteiger partial charge in [-0.1, -0.05) is 12.2 Å². The molecule has 6 heteroatoms. The first-order chi connectivity index (χ1) is 9.90. The molecule has 0 aromatic heterocycles. The lowest BCUT2D eigenvalue weighted by atomic mass is 9.82. The van der Waals surface area contributed by atoms with E-state index in [-0.39, 0.29) is 10.4 Å². The molecule has 0 bridgehead atoms. The third-order valence-electron chi connectivity index (χ3n) is 3.61. The number of carbonyl (C=O) groups is 2. The number of carboxylic acids is 1. The summed E-state index contributed by atoms with van der Waals surface area (Å²) in [6.07, 6.45) is 4.34. The van der Waals surface area contributed by atoms with Gasteiger partial charge < -0.3 is 10.4 Å². The van der Waals surface area contributed by atoms with Crippen LogP contribution in [0.5, 0.6) is 0 Å². The van der Waals surface area contributed by atoms with Gasteiger partial charge >= 0.3 is 5.97 Å². The maximum Gasteiger partial charge on any atom is 0.307 e. The second kappa shape index (κ2) is 6.39. The fraction of sp³-hybridized carbons (Fsp3) is 0.333. The van der Waals surface area contributed by atoms with Crippen LogP contribution in [-0.4, -0.2) is 17.0 Å². The topological polar surface area (TPSA) is 66.4 Å². The number of rotatable bonds is 3. The molecule has 0 radical (unpaired) electrons. The minimum Gasteiger partial charge on any atom is -0.481 e. The number of amides is 1. The molecule has 0 saturated heterocycles. The molecular formula is C15H15BrFNO3. The maximum absolute atomic E-state index is 13.4. The first-order valence-corrected chi connectivity index (χ1v) is 7.33. The lowest BCUT2D eigenvalue weighted by Gasteiger charge is -2.24. The van der Waals surface area contributed by atoms with E-state index in [1.807, 2.05) is 6.08 Å². The molecule has 21 heavy (non-hydrogen) atoms. The summed E-state index contributed by atoms with van der Waals surface area (Å²) < 4.78 is 13.6. The zero-order valence-corrected chi connectivity index (χ0v) is 13.0. The molecule has 0 saturated carbocycles. The van der Waals surface area contributed by atoms with Crippen LogP contribution in [0.1, 0.15) is 18.4 Å². The average molecular weight is 356 g/mol. The molecule has 1 aliphatic rings. The number of allylic oxidation sites excluding steroid dienone is 2. The molecule has 2 unspecified atom stereocenters. The van der Waals surface area contributed by atoms with Gasteiger partial charge in [0, 0.05) is 5.69 Å². The molecule has 2 rings (SSSR count). The first kappa shape index (κ1) is 15.7. The molecule has 0 heterocycles. The van der Waals surface area contributed by atoms with Crippen molar-refractivity contribution in [3.05, 3.63) is 40.1 Å². The third-order valence-corrected chi connectivity index (χ3v) is 4.22. The van der Waals surface area contributed by atoms with Crippen LogP contribution in [-0.2, 0) is 9.59 Å². The number of anilines is 1. The predicted molar refractivity (Wildman–Crippen MR) is 80.5 cm³/mol. The Balaban J connectivity index is 2.19. The monoisotopic (exact) mass is 355 g/mol. The standard InChI is InChI=1S/C15H15BrFNO3/c1-8-6-12(17)11(16)7-13(8)18-14(19)9-4-2-3-5-10(9)15(20)21/h2-3,6-7,9-10H,4-5H2,1H3,(H,18,19)(H,20,21). The zero-order chi connectivity index (χ0) is 15.6. The fourth-order valence-electron chi connectivity index (χ4n) is 2.38. The molecule has 2 N–H and O–H groups in total. The summed E-state index contributed by atoms with van der Waals surface area (Å²) in [6, 6.07) is 2.80. The molecule has 1 amide bonds. The largest absolute Gasteiger partial charge is 0.481 e. The Morgan fingerprint density at radius 1 is 1.29 bits per heavy atom. The Morgan fingerprint density at radius 2 is 1.90 bits per heavy atom. The van der Waals surface area contributed by atoms with Crippen molar-refractivity contribution in [2.75, 3.05) is 5.32 Å². The second-order valence-electron chi connectivity index (χ2n) is 5.06. The van der Waals surface area contributed by atoms with Crippen LogP contribution in [0.2, 0.25) is 0 Å². The molecule has 1 aliphatic carbocycles. The van der Waals surface area contributed by atoms with Gasteiger partial charge in [-0.15, -0.1) is 0 Å². The molecule has 0 fully saturated rings. The van der Waals surface area contributed by atoms with Gasteiger partial charge in [-0.2, -0.15) is 0 Å². The van der Waals surface area contributed by atoms with E-state index >= 15 is 0 Å². The van der Waals surface area contributed by atoms with E-state index in [9.17, 15) is 19.1 Å². The number of hydrogen-bond acceptors (Lipinski definition) is 2. The van der Waals surface area contributed by atoms with Crippen LogP contribution in [0.25, 0.3) is 0 Å². The van der Waals surface area contributed by atoms with Crippen LogP contribution in [0, 0.1) is 24.6 Å². The van der Waals surface area contributed by atoms with E-state index in [0.717, 1.165) is 0 Å². The van der Waals surface area contributed by atoms with Crippen molar-refractivity contribution in [2.24, 2.45) is 11.8 Å². The Kier molecular flexibility index (Phi) is 4.77. The van der Waals surface area contributed by atoms with Gasteiger partial charge in [0.15, 0.2) is 0 Å². The van der Waals surface area contributed by atoms with Crippen molar-refractivity contribution in [3.8, 4) is 0 Å². The number of benzene rings is 1. The predicted octanol–water partition coefficient (Wildman–Crippen LogP) is 3.50. The smallest absolute Gasteiger partial charge is 0.307 e. The Labute approximate surface area is 130 Å². The number of hydrogen-bond donors (Lipinski definition) is 2. The van der Waals surface area contributed by atoms with Gasteiger partial charge in [-0.3, -0.25) is 9.59 Å². The Bertz CT molecular complexity index is 615. The van der Waals surface area contributed by atoms with Crippen molar-refractivity contribution in [2.45, 2.75) is 19.8 Å². The van der Waals surface area contributed by atoms with Crippen molar-refractivity contribution in [1.82, 2.24) is 0 Å². The quantitative estimate of drug-likeness (QED) is 0.815. The highest BCUT2D eigenvalue weighted by atomic mass is 79.9. The number of halogens is 2. The van der Waals surface area contributed by atoms with Crippen LogP contribution < -0.4 is 5.32 Å². The van der Waals surface area contributed by atoms with E-state index in [4.69, 9.17) is 0 Å². The molecule has 4 nitrogen and oxygen atoms in total. The van der Waals surface area contributed by atoms with E-state index in [1.165, 1.54) is 12.1 Å². The minimum atomic E-state index is -0.975. The summed E-state index contributed by atoms with van der Waals surface area (Å²) in [4.78, 5) is 23.5. The van der Waals surface area contributed by atoms with Gasteiger partial charge in [0.05, 0.1) is 16.3 Å². The molecule has 112 valence electrons. The lowest BCUT2D eigenvalue weighted by Crippen LogP contribution is -2.34. The first-order valence-electron chi connectivity index (χ1n) is 6.54. The van der Waals surface area contributed by atoms with Gasteiger partial charge in [0.25, 0.3) is 0 Å². The molecule has 0 spiro atoms. The number of aliphatic carboxylic acids is 1. The van der Waals surface area contributed by atoms with Crippen molar-refractivity contribution < 1.29 is 19.1 Å². The number of carbonyl (C=O) groups excluding carboxylic acids is 1. The highest BCUT2D eigenvalue weighted by Crippen LogP contribution is 2.29. The van der Waals surface area contributed by atoms with Gasteiger partial charge in [-0.05, 0) is 53.4 Å². The average Bonchev–Trinajstić information content (AvgIpc) is 2.44. The van der Waals surface area contributed by atoms with Crippen molar-refractivity contribution in [1.29, 1.82) is 0 Å². The maximum atomic E-state index is 13.4. The van der Waals surface area contributed by atoms with Crippen molar-refractivity contribution >= 4 is 33.5 Å². The Hall–Kier alpha value is -1.69. The van der Waals surface area contributed by atoms with Crippen LogP contribution in [0.3, 0.4) is 0 Å². The van der Waals surface area contributed by atoms with Gasteiger partial charge in [0.1, 0.15) is 5.82 Å². The molecule has 2 atom stereocenters. The summed E-state index contributed by atoms with van der Waals surface area (Å²) in [5.74, 6) is -3.07. The highest BCUT2D eigenvalue weighted by molar-refractivity contribution is 9.10. The molecule has 1 aromatic rings. The summed E-state index contributed by atoms with van der Waals surface area (Å²) in [5.41, 5.74) is 1.06. The summed E-state index contributed by atoms with van der Waals surface area (Å²) in [7, 11) is 0. The fourth-order valence-corrected chi connectivity index (χ4v) is 2.73. The Morgan fingerprint density at radius 3 is 2.52 bits per heavy atom. The van der Waals surface area contributed by atoms with Crippen LogP contribution in [0.15, 0.2) is 28.8 Å². The second-order valence-corrected chi connectivity index (χ2v) is 5.92. The minimum absolute atomic E-state index is 0.252. The van der Waals surface area contributed by atoms with Crippen molar-refractivity contribution in [3.63, 3.8) is 0 Å². The van der Waals surface area contributed by atoms with E-state index in [1.54, 1.807) is 13.0 Å². The van der Waals surface area contributed by atoms with E-state index in [0.29, 0.717) is 24.1 Å². The zero-order valence-electron chi connectivity index (χ0n) is 11.4. The van der Waals surface area contributed by atoms with Gasteiger partial charge in [0.2, 0.25) is 5.91 Å². The number of carboxylic acid groups (broad SMARTS) is 1. The number of aryl methyl sites for hydroxylation is 1. The summed E-state index contributed by atoms with van der Waals surface area (Å²) in [6.45, 7) is 1.68. The molecule has 0 aliphatic heterocycles. The lowest BCUT2D eigenvalue weighted by molar-refractivity contribution is -0.146. The van der Waals surface area contributed by atoms with E-state index in [2.05, 4.69) is 21.2 Å². The molecule has 1 aromatic carbocycles. The molecular weight excluding hydrogens is 341 g/mol. The highest BCUT2D eigenvalue weighted by Gasteiger charge is 2.34. The van der Waals surface area contributed by atoms with E-state index < -0.39 is 23.6 Å². The number of nitrogens with one attached hydrogen (secondary N) is 1. The van der Waals surface area contributed by atoms with Gasteiger partial charge in [-0.25, -0.2) is 4.39 Å². The third kappa shape index (κ3) is 3.50. The van der Waals surface area contributed by atoms with Crippen LogP contribution >= 0.6 is 15.9 Å².